The van der Waals surface area contributed by atoms with Gasteiger partial charge in [0.25, 0.3) is 0 Å². The average molecular weight is 411 g/mol. The van der Waals surface area contributed by atoms with E-state index >= 15 is 0 Å². The standard InChI is InChI=1S/C18H24Cl2N6O/c1-6-26(10-14(27)21-15-12(19)8-7-9-13(15)20)18-23-16(11(2)3)22-17(24-18)25(4)5/h7-9,11H,6,10H2,1-5H3,(H,21,27). The van der Waals surface area contributed by atoms with Crippen LogP contribution in [0.5, 0.6) is 0 Å². The summed E-state index contributed by atoms with van der Waals surface area (Å²) in [6.45, 7) is 6.58. The molecule has 146 valence electrons. The number of para-hydroxylation sites is 1. The Kier molecular flexibility index (Phi) is 7.21. The molecule has 9 heteroatoms. The number of carbonyl (C=O) groups excluding carboxylic acids is 1. The maximum absolute atomic E-state index is 12.5. The van der Waals surface area contributed by atoms with Crippen molar-refractivity contribution in [2.24, 2.45) is 0 Å². The van der Waals surface area contributed by atoms with Gasteiger partial charge in [-0.25, -0.2) is 0 Å². The van der Waals surface area contributed by atoms with E-state index in [1.807, 2.05) is 39.8 Å². The minimum atomic E-state index is -0.259. The number of nitrogens with one attached hydrogen (secondary N) is 1. The van der Waals surface area contributed by atoms with E-state index in [9.17, 15) is 4.79 Å². The van der Waals surface area contributed by atoms with Gasteiger partial charge in [-0.05, 0) is 19.1 Å². The maximum Gasteiger partial charge on any atom is 0.244 e. The van der Waals surface area contributed by atoms with Crippen LogP contribution in [0.1, 0.15) is 32.5 Å². The molecule has 27 heavy (non-hydrogen) atoms. The van der Waals surface area contributed by atoms with E-state index in [0.29, 0.717) is 40.0 Å². The molecular weight excluding hydrogens is 387 g/mol. The topological polar surface area (TPSA) is 74.2 Å². The van der Waals surface area contributed by atoms with Crippen molar-refractivity contribution in [2.75, 3.05) is 42.3 Å². The van der Waals surface area contributed by atoms with Crippen molar-refractivity contribution in [3.05, 3.63) is 34.1 Å². The third-order valence-corrected chi connectivity index (χ3v) is 4.40. The SMILES string of the molecule is CCN(CC(=O)Nc1c(Cl)cccc1Cl)c1nc(C(C)C)nc(N(C)C)n1. The first-order valence-electron chi connectivity index (χ1n) is 8.65. The van der Waals surface area contributed by atoms with Crippen molar-refractivity contribution in [1.29, 1.82) is 0 Å². The molecular formula is C18H24Cl2N6O. The molecule has 0 saturated heterocycles. The number of likely N-dealkylation sites (N-methyl/N-ethyl adjacent to an activating group) is 1. The quantitative estimate of drug-likeness (QED) is 0.747. The number of benzene rings is 1. The fraction of sp³-hybridized carbons (Fsp3) is 0.444. The molecule has 0 radical (unpaired) electrons. The van der Waals surface area contributed by atoms with Crippen molar-refractivity contribution in [1.82, 2.24) is 15.0 Å². The molecule has 2 aromatic rings. The molecule has 1 heterocycles. The van der Waals surface area contributed by atoms with E-state index in [2.05, 4.69) is 20.3 Å². The van der Waals surface area contributed by atoms with Crippen LogP contribution in [0.4, 0.5) is 17.6 Å². The molecule has 0 bridgehead atoms. The van der Waals surface area contributed by atoms with Crippen LogP contribution in [-0.4, -0.2) is 48.0 Å². The van der Waals surface area contributed by atoms with E-state index in [1.54, 1.807) is 23.1 Å². The first kappa shape index (κ1) is 21.2. The molecule has 2 rings (SSSR count). The second-order valence-corrected chi connectivity index (χ2v) is 7.32. The highest BCUT2D eigenvalue weighted by molar-refractivity contribution is 6.39. The van der Waals surface area contributed by atoms with Crippen molar-refractivity contribution in [3.63, 3.8) is 0 Å². The zero-order valence-electron chi connectivity index (χ0n) is 16.1. The first-order valence-corrected chi connectivity index (χ1v) is 9.40. The highest BCUT2D eigenvalue weighted by Crippen LogP contribution is 2.29. The Bertz CT molecular complexity index is 766. The molecule has 0 fully saturated rings. The molecule has 1 N–H and O–H groups in total. The van der Waals surface area contributed by atoms with Gasteiger partial charge in [0.2, 0.25) is 17.8 Å². The van der Waals surface area contributed by atoms with E-state index in [1.165, 1.54) is 0 Å². The zero-order valence-corrected chi connectivity index (χ0v) is 17.6. The van der Waals surface area contributed by atoms with E-state index < -0.39 is 0 Å². The summed E-state index contributed by atoms with van der Waals surface area (Å²) in [7, 11) is 3.73. The second-order valence-electron chi connectivity index (χ2n) is 6.50. The molecule has 0 aliphatic heterocycles. The molecule has 0 aliphatic carbocycles. The van der Waals surface area contributed by atoms with E-state index in [-0.39, 0.29) is 18.4 Å². The molecule has 7 nitrogen and oxygen atoms in total. The molecule has 0 spiro atoms. The average Bonchev–Trinajstić information content (AvgIpc) is 2.62. The Morgan fingerprint density at radius 3 is 2.22 bits per heavy atom. The highest BCUT2D eigenvalue weighted by atomic mass is 35.5. The lowest BCUT2D eigenvalue weighted by atomic mass is 10.2. The Hall–Kier alpha value is -2.12. The van der Waals surface area contributed by atoms with Crippen LogP contribution in [-0.2, 0) is 4.79 Å². The van der Waals surface area contributed by atoms with Crippen LogP contribution in [0.2, 0.25) is 10.0 Å². The fourth-order valence-electron chi connectivity index (χ4n) is 2.26. The Morgan fingerprint density at radius 1 is 1.11 bits per heavy atom. The summed E-state index contributed by atoms with van der Waals surface area (Å²) < 4.78 is 0. The van der Waals surface area contributed by atoms with Crippen molar-refractivity contribution in [2.45, 2.75) is 26.7 Å². The van der Waals surface area contributed by atoms with Gasteiger partial charge in [0.1, 0.15) is 12.4 Å². The summed E-state index contributed by atoms with van der Waals surface area (Å²) in [5.74, 6) is 1.57. The van der Waals surface area contributed by atoms with Gasteiger partial charge in [0.05, 0.1) is 15.7 Å². The lowest BCUT2D eigenvalue weighted by Gasteiger charge is -2.23. The number of nitrogens with zero attached hydrogens (tertiary/aromatic N) is 5. The smallest absolute Gasteiger partial charge is 0.244 e. The summed E-state index contributed by atoms with van der Waals surface area (Å²) in [6, 6.07) is 5.06. The predicted octanol–water partition coefficient (Wildman–Crippen LogP) is 3.83. The first-order chi connectivity index (χ1) is 12.7. The van der Waals surface area contributed by atoms with Crippen LogP contribution in [0.3, 0.4) is 0 Å². The van der Waals surface area contributed by atoms with E-state index in [0.717, 1.165) is 0 Å². The number of amides is 1. The summed E-state index contributed by atoms with van der Waals surface area (Å²) in [5.41, 5.74) is 0.398. The number of hydrogen-bond donors (Lipinski definition) is 1. The second kappa shape index (κ2) is 9.19. The summed E-state index contributed by atoms with van der Waals surface area (Å²) >= 11 is 12.2. The minimum Gasteiger partial charge on any atom is -0.347 e. The largest absolute Gasteiger partial charge is 0.347 e. The predicted molar refractivity (Wildman–Crippen MR) is 111 cm³/mol. The summed E-state index contributed by atoms with van der Waals surface area (Å²) in [4.78, 5) is 29.6. The molecule has 0 atom stereocenters. The third-order valence-electron chi connectivity index (χ3n) is 3.77. The highest BCUT2D eigenvalue weighted by Gasteiger charge is 2.18. The Morgan fingerprint density at radius 2 is 1.70 bits per heavy atom. The third kappa shape index (κ3) is 5.43. The number of anilines is 3. The number of aromatic nitrogens is 3. The van der Waals surface area contributed by atoms with Crippen LogP contribution in [0.25, 0.3) is 0 Å². The molecule has 1 aromatic carbocycles. The molecule has 1 amide bonds. The molecule has 0 aliphatic rings. The lowest BCUT2D eigenvalue weighted by Crippen LogP contribution is -2.35. The number of hydrogen-bond acceptors (Lipinski definition) is 6. The zero-order chi connectivity index (χ0) is 20.1. The van der Waals surface area contributed by atoms with Crippen molar-refractivity contribution < 1.29 is 4.79 Å². The van der Waals surface area contributed by atoms with Gasteiger partial charge in [0, 0.05) is 26.6 Å². The Balaban J connectivity index is 2.25. The minimum absolute atomic E-state index is 0.0620. The van der Waals surface area contributed by atoms with Crippen LogP contribution < -0.4 is 15.1 Å². The monoisotopic (exact) mass is 410 g/mol. The number of halogens is 2. The number of carbonyl (C=O) groups is 1. The number of rotatable bonds is 7. The molecule has 0 saturated carbocycles. The Labute approximate surface area is 169 Å². The van der Waals surface area contributed by atoms with Crippen LogP contribution >= 0.6 is 23.2 Å². The van der Waals surface area contributed by atoms with Crippen molar-refractivity contribution >= 4 is 46.7 Å². The van der Waals surface area contributed by atoms with Gasteiger partial charge in [-0.3, -0.25) is 4.79 Å². The summed E-state index contributed by atoms with van der Waals surface area (Å²) in [6.07, 6.45) is 0. The fourth-order valence-corrected chi connectivity index (χ4v) is 2.75. The lowest BCUT2D eigenvalue weighted by molar-refractivity contribution is -0.115. The molecule has 0 unspecified atom stereocenters. The van der Waals surface area contributed by atoms with Gasteiger partial charge >= 0.3 is 0 Å². The van der Waals surface area contributed by atoms with Crippen LogP contribution in [0.15, 0.2) is 18.2 Å². The summed E-state index contributed by atoms with van der Waals surface area (Å²) in [5, 5.41) is 3.53. The normalized spacial score (nSPS) is 10.8. The van der Waals surface area contributed by atoms with Gasteiger partial charge < -0.3 is 15.1 Å². The maximum atomic E-state index is 12.5. The van der Waals surface area contributed by atoms with Gasteiger partial charge in [-0.15, -0.1) is 0 Å². The van der Waals surface area contributed by atoms with Gasteiger partial charge in [-0.2, -0.15) is 15.0 Å². The van der Waals surface area contributed by atoms with E-state index in [4.69, 9.17) is 23.2 Å². The van der Waals surface area contributed by atoms with Gasteiger partial charge in [-0.1, -0.05) is 43.1 Å². The van der Waals surface area contributed by atoms with Crippen molar-refractivity contribution in [3.8, 4) is 0 Å². The van der Waals surface area contributed by atoms with Gasteiger partial charge in [0.15, 0.2) is 0 Å². The van der Waals surface area contributed by atoms with Crippen LogP contribution in [0, 0.1) is 0 Å². The molecule has 1 aromatic heterocycles.